The second-order valence-corrected chi connectivity index (χ2v) is 13.4. The molecule has 49 heavy (non-hydrogen) atoms. The van der Waals surface area contributed by atoms with E-state index in [-0.39, 0.29) is 0 Å². The van der Waals surface area contributed by atoms with E-state index in [0.29, 0.717) is 0 Å². The maximum Gasteiger partial charge on any atom is 0.139 e. The van der Waals surface area contributed by atoms with Crippen molar-refractivity contribution in [3.05, 3.63) is 176 Å². The first-order valence-corrected chi connectivity index (χ1v) is 17.4. The van der Waals surface area contributed by atoms with E-state index in [1.165, 1.54) is 53.7 Å². The van der Waals surface area contributed by atoms with Crippen molar-refractivity contribution in [2.24, 2.45) is 0 Å². The number of aromatic nitrogens is 2. The van der Waals surface area contributed by atoms with Crippen LogP contribution in [-0.2, 0) is 0 Å². The van der Waals surface area contributed by atoms with Gasteiger partial charge in [0.1, 0.15) is 10.6 Å². The summed E-state index contributed by atoms with van der Waals surface area (Å²) in [6, 6.07) is 63.0. The van der Waals surface area contributed by atoms with Crippen LogP contribution in [0, 0.1) is 0 Å². The van der Waals surface area contributed by atoms with Gasteiger partial charge >= 0.3 is 0 Å². The number of benzene rings is 7. The lowest BCUT2D eigenvalue weighted by Gasteiger charge is -2.25. The van der Waals surface area contributed by atoms with Crippen LogP contribution in [-0.4, -0.2) is 9.55 Å². The van der Waals surface area contributed by atoms with Crippen LogP contribution in [0.2, 0.25) is 0 Å². The van der Waals surface area contributed by atoms with Gasteiger partial charge in [-0.05, 0) is 76.5 Å². The normalized spacial score (nSPS) is 11.7. The predicted octanol–water partition coefficient (Wildman–Crippen LogP) is 12.8. The molecule has 0 bridgehead atoms. The standard InChI is InChI=1S/C45H29N3S/c1-3-11-30(12-4-1)31-19-22-34(23-20-31)47(43-28-27-40-39-25-21-32-13-7-8-16-36(32)44(39)49-45(40)46-43)35-24-26-38-37-17-9-10-18-41(37)48(42(38)29-35)33-14-5-2-6-15-33/h1-29H. The van der Waals surface area contributed by atoms with E-state index in [2.05, 4.69) is 185 Å². The summed E-state index contributed by atoms with van der Waals surface area (Å²) >= 11 is 1.78. The summed E-state index contributed by atoms with van der Waals surface area (Å²) in [6.45, 7) is 0. The number of pyridine rings is 1. The first-order valence-electron chi connectivity index (χ1n) is 16.6. The summed E-state index contributed by atoms with van der Waals surface area (Å²) in [6.07, 6.45) is 0. The average molecular weight is 644 g/mol. The Hall–Kier alpha value is -6.23. The lowest BCUT2D eigenvalue weighted by molar-refractivity contribution is 1.17. The third-order valence-electron chi connectivity index (χ3n) is 9.61. The fraction of sp³-hybridized carbons (Fsp3) is 0. The van der Waals surface area contributed by atoms with Crippen molar-refractivity contribution in [2.45, 2.75) is 0 Å². The summed E-state index contributed by atoms with van der Waals surface area (Å²) < 4.78 is 3.66. The zero-order valence-electron chi connectivity index (χ0n) is 26.5. The molecule has 3 aromatic heterocycles. The summed E-state index contributed by atoms with van der Waals surface area (Å²) in [5.41, 5.74) is 7.98. The molecule has 0 saturated carbocycles. The molecule has 0 N–H and O–H groups in total. The summed E-state index contributed by atoms with van der Waals surface area (Å²) in [5, 5.41) is 7.44. The number of para-hydroxylation sites is 2. The van der Waals surface area contributed by atoms with Crippen LogP contribution in [0.4, 0.5) is 17.2 Å². The first-order chi connectivity index (χ1) is 24.3. The second-order valence-electron chi connectivity index (χ2n) is 12.4. The Morgan fingerprint density at radius 2 is 1.08 bits per heavy atom. The molecule has 10 rings (SSSR count). The molecule has 0 aliphatic rings. The van der Waals surface area contributed by atoms with Crippen LogP contribution >= 0.6 is 11.3 Å². The van der Waals surface area contributed by atoms with E-state index < -0.39 is 0 Å². The van der Waals surface area contributed by atoms with E-state index in [0.717, 1.165) is 33.2 Å². The molecule has 0 amide bonds. The van der Waals surface area contributed by atoms with E-state index in [4.69, 9.17) is 4.98 Å². The van der Waals surface area contributed by atoms with Crippen LogP contribution in [0.5, 0.6) is 0 Å². The van der Waals surface area contributed by atoms with Gasteiger partial charge in [0, 0.05) is 43.3 Å². The van der Waals surface area contributed by atoms with Crippen LogP contribution in [0.25, 0.3) is 69.7 Å². The quantitative estimate of drug-likeness (QED) is 0.186. The number of hydrogen-bond acceptors (Lipinski definition) is 3. The number of nitrogens with zero attached hydrogens (tertiary/aromatic N) is 3. The Balaban J connectivity index is 1.20. The third-order valence-corrected chi connectivity index (χ3v) is 10.8. The Morgan fingerprint density at radius 1 is 0.449 bits per heavy atom. The van der Waals surface area contributed by atoms with Crippen molar-refractivity contribution in [3.63, 3.8) is 0 Å². The summed E-state index contributed by atoms with van der Waals surface area (Å²) in [5.74, 6) is 0.887. The lowest BCUT2D eigenvalue weighted by Crippen LogP contribution is -2.11. The Bertz CT molecular complexity index is 2820. The molecule has 0 aliphatic carbocycles. The molecule has 10 aromatic rings. The fourth-order valence-electron chi connectivity index (χ4n) is 7.30. The van der Waals surface area contributed by atoms with E-state index in [9.17, 15) is 0 Å². The van der Waals surface area contributed by atoms with Gasteiger partial charge < -0.3 is 4.57 Å². The first kappa shape index (κ1) is 27.8. The molecule has 0 spiro atoms. The van der Waals surface area contributed by atoms with Crippen molar-refractivity contribution in [1.29, 1.82) is 0 Å². The third kappa shape index (κ3) is 4.53. The maximum atomic E-state index is 5.39. The number of hydrogen-bond donors (Lipinski definition) is 0. The molecule has 7 aromatic carbocycles. The lowest BCUT2D eigenvalue weighted by atomic mass is 10.0. The van der Waals surface area contributed by atoms with Crippen molar-refractivity contribution in [2.75, 3.05) is 4.90 Å². The van der Waals surface area contributed by atoms with Crippen molar-refractivity contribution in [1.82, 2.24) is 9.55 Å². The Labute approximate surface area is 287 Å². The van der Waals surface area contributed by atoms with Crippen LogP contribution in [0.3, 0.4) is 0 Å². The van der Waals surface area contributed by atoms with Gasteiger partial charge in [0.05, 0.1) is 11.0 Å². The van der Waals surface area contributed by atoms with Gasteiger partial charge in [0.15, 0.2) is 0 Å². The molecule has 3 heterocycles. The van der Waals surface area contributed by atoms with Gasteiger partial charge in [-0.3, -0.25) is 4.90 Å². The molecule has 0 aliphatic heterocycles. The molecule has 0 unspecified atom stereocenters. The van der Waals surface area contributed by atoms with Gasteiger partial charge in [0.25, 0.3) is 0 Å². The average Bonchev–Trinajstić information content (AvgIpc) is 3.71. The molecule has 3 nitrogen and oxygen atoms in total. The minimum Gasteiger partial charge on any atom is -0.309 e. The highest BCUT2D eigenvalue weighted by Gasteiger charge is 2.20. The van der Waals surface area contributed by atoms with Gasteiger partial charge in [0.2, 0.25) is 0 Å². The van der Waals surface area contributed by atoms with E-state index in [1.807, 2.05) is 0 Å². The summed E-state index contributed by atoms with van der Waals surface area (Å²) in [4.78, 5) is 8.73. The minimum atomic E-state index is 0.887. The van der Waals surface area contributed by atoms with E-state index >= 15 is 0 Å². The second kappa shape index (κ2) is 11.2. The van der Waals surface area contributed by atoms with Crippen molar-refractivity contribution < 1.29 is 0 Å². The van der Waals surface area contributed by atoms with Gasteiger partial charge in [-0.1, -0.05) is 121 Å². The predicted molar refractivity (Wildman–Crippen MR) is 209 cm³/mol. The molecule has 0 radical (unpaired) electrons. The molecule has 4 heteroatoms. The highest BCUT2D eigenvalue weighted by Crippen LogP contribution is 2.42. The molecule has 0 atom stereocenters. The van der Waals surface area contributed by atoms with Crippen molar-refractivity contribution in [3.8, 4) is 16.8 Å². The largest absolute Gasteiger partial charge is 0.309 e. The maximum absolute atomic E-state index is 5.39. The minimum absolute atomic E-state index is 0.887. The summed E-state index contributed by atoms with van der Waals surface area (Å²) in [7, 11) is 0. The van der Waals surface area contributed by atoms with Gasteiger partial charge in [-0.25, -0.2) is 4.98 Å². The van der Waals surface area contributed by atoms with Crippen LogP contribution < -0.4 is 4.90 Å². The van der Waals surface area contributed by atoms with Crippen LogP contribution in [0.15, 0.2) is 176 Å². The zero-order chi connectivity index (χ0) is 32.3. The number of anilines is 3. The Kier molecular flexibility index (Phi) is 6.36. The fourth-order valence-corrected chi connectivity index (χ4v) is 8.50. The highest BCUT2D eigenvalue weighted by atomic mass is 32.1. The Morgan fingerprint density at radius 3 is 1.92 bits per heavy atom. The topological polar surface area (TPSA) is 21.1 Å². The number of thiophene rings is 1. The molecule has 230 valence electrons. The van der Waals surface area contributed by atoms with Crippen LogP contribution in [0.1, 0.15) is 0 Å². The van der Waals surface area contributed by atoms with Gasteiger partial charge in [-0.2, -0.15) is 0 Å². The molecule has 0 saturated heterocycles. The van der Waals surface area contributed by atoms with Crippen molar-refractivity contribution >= 4 is 81.4 Å². The van der Waals surface area contributed by atoms with Gasteiger partial charge in [-0.15, -0.1) is 11.3 Å². The zero-order valence-corrected chi connectivity index (χ0v) is 27.3. The number of fused-ring (bicyclic) bond motifs is 8. The highest BCUT2D eigenvalue weighted by molar-refractivity contribution is 7.26. The molecular formula is C45H29N3S. The van der Waals surface area contributed by atoms with E-state index in [1.54, 1.807) is 11.3 Å². The molecule has 0 fully saturated rings. The molecular weight excluding hydrogens is 615 g/mol. The monoisotopic (exact) mass is 643 g/mol. The smallest absolute Gasteiger partial charge is 0.139 e. The SMILES string of the molecule is c1ccc(-c2ccc(N(c3ccc4c5ccccc5n(-c5ccccc5)c4c3)c3ccc4c(n3)sc3c5ccccc5ccc43)cc2)cc1. The number of rotatable bonds is 5.